The van der Waals surface area contributed by atoms with Crippen molar-refractivity contribution in [1.29, 1.82) is 0 Å². The van der Waals surface area contributed by atoms with E-state index in [1.54, 1.807) is 6.34 Å². The predicted molar refractivity (Wildman–Crippen MR) is 104 cm³/mol. The third-order valence-corrected chi connectivity index (χ3v) is 4.58. The third kappa shape index (κ3) is 4.24. The average Bonchev–Trinajstić information content (AvgIpc) is 2.62. The topological polar surface area (TPSA) is 85.7 Å². The number of benzene rings is 2. The summed E-state index contributed by atoms with van der Waals surface area (Å²) in [6, 6.07) is 13.7. The van der Waals surface area contributed by atoms with Gasteiger partial charge in [0, 0.05) is 23.2 Å². The van der Waals surface area contributed by atoms with Crippen molar-refractivity contribution in [3.05, 3.63) is 53.6 Å². The molecule has 2 aromatic carbocycles. The second-order valence-electron chi connectivity index (χ2n) is 6.19. The fourth-order valence-corrected chi connectivity index (χ4v) is 2.97. The normalized spacial score (nSPS) is 18.5. The van der Waals surface area contributed by atoms with Crippen LogP contribution in [0.2, 0.25) is 0 Å². The largest absolute Gasteiger partial charge is 0.493 e. The van der Waals surface area contributed by atoms with Crippen LogP contribution in [0.15, 0.2) is 47.5 Å². The van der Waals surface area contributed by atoms with Crippen molar-refractivity contribution < 1.29 is 4.74 Å². The van der Waals surface area contributed by atoms with E-state index < -0.39 is 5.66 Å². The number of fused-ring (bicyclic) bond motifs is 1. The van der Waals surface area contributed by atoms with Crippen LogP contribution < -0.4 is 21.5 Å². The minimum Gasteiger partial charge on any atom is -0.493 e. The summed E-state index contributed by atoms with van der Waals surface area (Å²) in [5.41, 5.74) is 15.5. The number of alkyl halides is 1. The molecule has 0 aliphatic carbocycles. The summed E-state index contributed by atoms with van der Waals surface area (Å²) >= 11 is 5.68. The molecule has 132 valence electrons. The zero-order valence-corrected chi connectivity index (χ0v) is 14.8. The molecule has 6 heteroatoms. The number of nitrogens with two attached hydrogens (primary N) is 2. The molecule has 1 unspecified atom stereocenters. The molecule has 0 radical (unpaired) electrons. The summed E-state index contributed by atoms with van der Waals surface area (Å²) in [4.78, 5) is 4.41. The van der Waals surface area contributed by atoms with Gasteiger partial charge >= 0.3 is 0 Å². The fraction of sp³-hybridized carbons (Fsp3) is 0.316. The van der Waals surface area contributed by atoms with Crippen molar-refractivity contribution in [2.45, 2.75) is 24.9 Å². The van der Waals surface area contributed by atoms with E-state index in [1.807, 2.05) is 42.5 Å². The second kappa shape index (κ2) is 7.76. The van der Waals surface area contributed by atoms with Crippen LogP contribution in [0.25, 0.3) is 0 Å². The van der Waals surface area contributed by atoms with Gasteiger partial charge in [0.15, 0.2) is 0 Å². The number of halogens is 1. The molecule has 0 spiro atoms. The molecule has 2 aromatic rings. The first-order valence-corrected chi connectivity index (χ1v) is 8.91. The molecule has 0 amide bonds. The fourth-order valence-electron chi connectivity index (χ4n) is 2.86. The molecule has 25 heavy (non-hydrogen) atoms. The Kier molecular flexibility index (Phi) is 5.46. The Morgan fingerprint density at radius 2 is 1.96 bits per heavy atom. The standard InChI is InChI=1S/C19H23ClN4O/c20-10-1-11-25-16-6-7-17-18(12-16)23-13-24-19(17,22)9-8-14-2-4-15(21)5-3-14/h2-7,12-13H,1,8-11,21-22H2,(H,23,24). The average molecular weight is 359 g/mol. The zero-order chi connectivity index (χ0) is 17.7. The van der Waals surface area contributed by atoms with Gasteiger partial charge in [-0.3, -0.25) is 0 Å². The second-order valence-corrected chi connectivity index (χ2v) is 6.56. The Hall–Kier alpha value is -2.24. The Labute approximate surface area is 153 Å². The highest BCUT2D eigenvalue weighted by Gasteiger charge is 2.31. The maximum atomic E-state index is 6.63. The first kappa shape index (κ1) is 17.6. The van der Waals surface area contributed by atoms with Crippen molar-refractivity contribution in [1.82, 2.24) is 5.32 Å². The number of nitrogen functional groups attached to an aromatic ring is 1. The van der Waals surface area contributed by atoms with Gasteiger partial charge in [-0.2, -0.15) is 0 Å². The summed E-state index contributed by atoms with van der Waals surface area (Å²) in [5, 5.41) is 3.21. The van der Waals surface area contributed by atoms with E-state index in [-0.39, 0.29) is 0 Å². The molecular weight excluding hydrogens is 336 g/mol. The summed E-state index contributed by atoms with van der Waals surface area (Å²) in [7, 11) is 0. The van der Waals surface area contributed by atoms with Crippen LogP contribution in [0.4, 0.5) is 11.4 Å². The highest BCUT2D eigenvalue weighted by atomic mass is 35.5. The highest BCUT2D eigenvalue weighted by molar-refractivity contribution is 6.17. The van der Waals surface area contributed by atoms with E-state index in [9.17, 15) is 0 Å². The number of nitrogens with zero attached hydrogens (tertiary/aromatic N) is 1. The summed E-state index contributed by atoms with van der Waals surface area (Å²) in [6.45, 7) is 0.592. The number of hydrogen-bond donors (Lipinski definition) is 3. The number of aliphatic imine (C=N–C) groups is 1. The van der Waals surface area contributed by atoms with Gasteiger partial charge in [0.25, 0.3) is 0 Å². The molecule has 1 heterocycles. The van der Waals surface area contributed by atoms with Crippen LogP contribution >= 0.6 is 11.6 Å². The molecular formula is C19H23ClN4O. The molecule has 1 aliphatic rings. The Bertz CT molecular complexity index is 748. The van der Waals surface area contributed by atoms with E-state index in [0.29, 0.717) is 12.5 Å². The van der Waals surface area contributed by atoms with Crippen molar-refractivity contribution in [3.63, 3.8) is 0 Å². The lowest BCUT2D eigenvalue weighted by Crippen LogP contribution is -2.51. The van der Waals surface area contributed by atoms with Gasteiger partial charge in [0.1, 0.15) is 11.4 Å². The maximum Gasteiger partial charge on any atom is 0.121 e. The monoisotopic (exact) mass is 358 g/mol. The molecule has 5 N–H and O–H groups in total. The minimum absolute atomic E-state index is 0.587. The lowest BCUT2D eigenvalue weighted by molar-refractivity contribution is 0.317. The van der Waals surface area contributed by atoms with Crippen LogP contribution in [0.5, 0.6) is 5.75 Å². The third-order valence-electron chi connectivity index (χ3n) is 4.31. The number of hydrogen-bond acceptors (Lipinski definition) is 5. The van der Waals surface area contributed by atoms with E-state index in [4.69, 9.17) is 27.8 Å². The van der Waals surface area contributed by atoms with Gasteiger partial charge in [-0.1, -0.05) is 12.1 Å². The first-order chi connectivity index (χ1) is 12.1. The quantitative estimate of drug-likeness (QED) is 0.403. The van der Waals surface area contributed by atoms with Crippen molar-refractivity contribution in [2.75, 3.05) is 18.2 Å². The number of nitrogens with one attached hydrogen (secondary N) is 1. The van der Waals surface area contributed by atoms with Gasteiger partial charge in [-0.25, -0.2) is 4.99 Å². The predicted octanol–water partition coefficient (Wildman–Crippen LogP) is 3.28. The number of rotatable bonds is 7. The molecule has 1 atom stereocenters. The summed E-state index contributed by atoms with van der Waals surface area (Å²) in [5.74, 6) is 1.37. The van der Waals surface area contributed by atoms with Crippen LogP contribution in [-0.4, -0.2) is 18.8 Å². The van der Waals surface area contributed by atoms with E-state index in [2.05, 4.69) is 10.3 Å². The highest BCUT2D eigenvalue weighted by Crippen LogP contribution is 2.35. The number of aryl methyl sites for hydroxylation is 1. The molecule has 0 bridgehead atoms. The van der Waals surface area contributed by atoms with Gasteiger partial charge in [0.05, 0.1) is 18.6 Å². The van der Waals surface area contributed by atoms with Crippen LogP contribution in [0.3, 0.4) is 0 Å². The minimum atomic E-state index is -0.660. The summed E-state index contributed by atoms with van der Waals surface area (Å²) < 4.78 is 5.69. The number of anilines is 1. The summed E-state index contributed by atoms with van der Waals surface area (Å²) in [6.07, 6.45) is 4.05. The SMILES string of the molecule is Nc1ccc(CCC2(N)NC=Nc3cc(OCCCCl)ccc32)cc1. The van der Waals surface area contributed by atoms with E-state index in [1.165, 1.54) is 5.56 Å². The maximum absolute atomic E-state index is 6.63. The van der Waals surface area contributed by atoms with E-state index >= 15 is 0 Å². The molecule has 0 fully saturated rings. The van der Waals surface area contributed by atoms with Crippen molar-refractivity contribution >= 4 is 29.3 Å². The van der Waals surface area contributed by atoms with Gasteiger partial charge in [-0.05, 0) is 49.1 Å². The molecule has 1 aliphatic heterocycles. The Morgan fingerprint density at radius 3 is 2.72 bits per heavy atom. The lowest BCUT2D eigenvalue weighted by atomic mass is 9.91. The molecule has 3 rings (SSSR count). The first-order valence-electron chi connectivity index (χ1n) is 8.37. The molecule has 0 saturated heterocycles. The van der Waals surface area contributed by atoms with Crippen LogP contribution in [-0.2, 0) is 12.1 Å². The van der Waals surface area contributed by atoms with Crippen LogP contribution in [0, 0.1) is 0 Å². The van der Waals surface area contributed by atoms with Crippen molar-refractivity contribution in [2.24, 2.45) is 10.7 Å². The number of ether oxygens (including phenoxy) is 1. The van der Waals surface area contributed by atoms with Crippen molar-refractivity contribution in [3.8, 4) is 5.75 Å². The van der Waals surface area contributed by atoms with Gasteiger partial charge in [-0.15, -0.1) is 11.6 Å². The molecule has 0 saturated carbocycles. The Morgan fingerprint density at radius 1 is 1.16 bits per heavy atom. The van der Waals surface area contributed by atoms with Crippen LogP contribution in [0.1, 0.15) is 24.0 Å². The van der Waals surface area contributed by atoms with E-state index in [0.717, 1.165) is 42.0 Å². The smallest absolute Gasteiger partial charge is 0.121 e. The van der Waals surface area contributed by atoms with Gasteiger partial charge in [0.2, 0.25) is 0 Å². The molecule has 5 nitrogen and oxygen atoms in total. The van der Waals surface area contributed by atoms with Gasteiger partial charge < -0.3 is 21.5 Å². The zero-order valence-electron chi connectivity index (χ0n) is 14.0. The Balaban J connectivity index is 1.73. The lowest BCUT2D eigenvalue weighted by Gasteiger charge is -2.34. The molecule has 0 aromatic heterocycles.